The van der Waals surface area contributed by atoms with Crippen molar-refractivity contribution in [3.05, 3.63) is 41.5 Å². The van der Waals surface area contributed by atoms with E-state index in [9.17, 15) is 4.79 Å². The summed E-state index contributed by atoms with van der Waals surface area (Å²) in [5.41, 5.74) is 2.15. The Kier molecular flexibility index (Phi) is 3.06. The second-order valence-electron chi connectivity index (χ2n) is 2.49. The van der Waals surface area contributed by atoms with E-state index in [2.05, 4.69) is 0 Å². The van der Waals surface area contributed by atoms with Crippen LogP contribution in [0.3, 0.4) is 0 Å². The Balaban J connectivity index is 2.89. The second kappa shape index (κ2) is 4.07. The minimum Gasteiger partial charge on any atom is -0.276 e. The van der Waals surface area contributed by atoms with Crippen molar-refractivity contribution in [2.75, 3.05) is 0 Å². The van der Waals surface area contributed by atoms with Gasteiger partial charge < -0.3 is 0 Å². The Bertz CT molecular complexity index is 315. The van der Waals surface area contributed by atoms with Crippen molar-refractivity contribution >= 4 is 22.9 Å². The third kappa shape index (κ3) is 2.51. The number of benzene rings is 1. The number of aryl methyl sites for hydroxylation is 1. The lowest BCUT2D eigenvalue weighted by molar-refractivity contribution is -0.107. The Morgan fingerprint density at radius 1 is 1.42 bits per heavy atom. The van der Waals surface area contributed by atoms with E-state index in [4.69, 9.17) is 11.6 Å². The molecule has 0 aliphatic carbocycles. The number of rotatable bonds is 2. The SMILES string of the molecule is Cc1ccccc1/C=C\C(=O)Cl. The van der Waals surface area contributed by atoms with Crippen molar-refractivity contribution in [2.45, 2.75) is 6.92 Å². The Labute approximate surface area is 76.7 Å². The Hall–Kier alpha value is -1.08. The highest BCUT2D eigenvalue weighted by Crippen LogP contribution is 2.08. The molecule has 1 nitrogen and oxygen atoms in total. The molecule has 0 saturated carbocycles. The monoisotopic (exact) mass is 180 g/mol. The molecule has 2 heteroatoms. The van der Waals surface area contributed by atoms with Gasteiger partial charge in [-0.1, -0.05) is 24.3 Å². The van der Waals surface area contributed by atoms with Crippen molar-refractivity contribution < 1.29 is 4.79 Å². The summed E-state index contributed by atoms with van der Waals surface area (Å²) >= 11 is 5.15. The van der Waals surface area contributed by atoms with Crippen LogP contribution in [0.25, 0.3) is 6.08 Å². The molecule has 0 saturated heterocycles. The molecule has 1 aromatic rings. The van der Waals surface area contributed by atoms with E-state index < -0.39 is 5.24 Å². The van der Waals surface area contributed by atoms with Crippen LogP contribution in [0.4, 0.5) is 0 Å². The van der Waals surface area contributed by atoms with E-state index in [1.165, 1.54) is 6.08 Å². The van der Waals surface area contributed by atoms with E-state index in [1.54, 1.807) is 6.08 Å². The van der Waals surface area contributed by atoms with Crippen LogP contribution in [0.15, 0.2) is 30.3 Å². The molecule has 62 valence electrons. The van der Waals surface area contributed by atoms with Crippen molar-refractivity contribution in [1.29, 1.82) is 0 Å². The van der Waals surface area contributed by atoms with Gasteiger partial charge >= 0.3 is 0 Å². The third-order valence-corrected chi connectivity index (χ3v) is 1.71. The van der Waals surface area contributed by atoms with Crippen LogP contribution in [-0.4, -0.2) is 5.24 Å². The zero-order chi connectivity index (χ0) is 8.97. The van der Waals surface area contributed by atoms with Crippen LogP contribution in [0, 0.1) is 6.92 Å². The Morgan fingerprint density at radius 3 is 2.67 bits per heavy atom. The van der Waals surface area contributed by atoms with Gasteiger partial charge in [-0.25, -0.2) is 0 Å². The van der Waals surface area contributed by atoms with Crippen LogP contribution < -0.4 is 0 Å². The van der Waals surface area contributed by atoms with Gasteiger partial charge in [-0.05, 0) is 41.8 Å². The molecule has 1 rings (SSSR count). The minimum absolute atomic E-state index is 0.446. The number of halogens is 1. The summed E-state index contributed by atoms with van der Waals surface area (Å²) in [5.74, 6) is 0. The molecular formula is C10H9ClO. The summed E-state index contributed by atoms with van der Waals surface area (Å²) in [6, 6.07) is 7.80. The quantitative estimate of drug-likeness (QED) is 0.505. The number of hydrogen-bond donors (Lipinski definition) is 0. The van der Waals surface area contributed by atoms with Crippen LogP contribution in [0.5, 0.6) is 0 Å². The maximum Gasteiger partial charge on any atom is 0.245 e. The highest BCUT2D eigenvalue weighted by atomic mass is 35.5. The molecule has 0 aliphatic heterocycles. The molecule has 0 amide bonds. The molecule has 0 aromatic heterocycles. The fourth-order valence-corrected chi connectivity index (χ4v) is 0.992. The minimum atomic E-state index is -0.446. The van der Waals surface area contributed by atoms with Crippen LogP contribution in [0.2, 0.25) is 0 Å². The Morgan fingerprint density at radius 2 is 2.08 bits per heavy atom. The maximum atomic E-state index is 10.4. The highest BCUT2D eigenvalue weighted by Gasteiger charge is 1.91. The van der Waals surface area contributed by atoms with E-state index in [0.717, 1.165) is 11.1 Å². The first-order valence-electron chi connectivity index (χ1n) is 3.63. The molecule has 12 heavy (non-hydrogen) atoms. The number of carbonyl (C=O) groups excluding carboxylic acids is 1. The van der Waals surface area contributed by atoms with Gasteiger partial charge in [0.1, 0.15) is 0 Å². The van der Waals surface area contributed by atoms with Gasteiger partial charge in [-0.2, -0.15) is 0 Å². The lowest BCUT2D eigenvalue weighted by Crippen LogP contribution is -1.80. The molecule has 0 unspecified atom stereocenters. The van der Waals surface area contributed by atoms with E-state index in [-0.39, 0.29) is 0 Å². The van der Waals surface area contributed by atoms with Crippen LogP contribution in [-0.2, 0) is 4.79 Å². The average Bonchev–Trinajstić information content (AvgIpc) is 2.03. The second-order valence-corrected chi connectivity index (χ2v) is 2.87. The average molecular weight is 181 g/mol. The smallest absolute Gasteiger partial charge is 0.245 e. The molecule has 0 N–H and O–H groups in total. The fraction of sp³-hybridized carbons (Fsp3) is 0.100. The topological polar surface area (TPSA) is 17.1 Å². The molecule has 0 bridgehead atoms. The molecule has 0 spiro atoms. The van der Waals surface area contributed by atoms with Gasteiger partial charge in [0, 0.05) is 0 Å². The first-order chi connectivity index (χ1) is 5.70. The molecule has 0 fully saturated rings. The molecule has 0 atom stereocenters. The zero-order valence-corrected chi connectivity index (χ0v) is 7.51. The van der Waals surface area contributed by atoms with Gasteiger partial charge in [0.2, 0.25) is 5.24 Å². The fourth-order valence-electron chi connectivity index (χ4n) is 0.929. The van der Waals surface area contributed by atoms with E-state index in [1.807, 2.05) is 31.2 Å². The van der Waals surface area contributed by atoms with Crippen molar-refractivity contribution in [3.8, 4) is 0 Å². The van der Waals surface area contributed by atoms with Crippen LogP contribution >= 0.6 is 11.6 Å². The van der Waals surface area contributed by atoms with Crippen molar-refractivity contribution in [1.82, 2.24) is 0 Å². The van der Waals surface area contributed by atoms with Crippen molar-refractivity contribution in [2.24, 2.45) is 0 Å². The van der Waals surface area contributed by atoms with Crippen molar-refractivity contribution in [3.63, 3.8) is 0 Å². The van der Waals surface area contributed by atoms with Crippen LogP contribution in [0.1, 0.15) is 11.1 Å². The number of hydrogen-bond acceptors (Lipinski definition) is 1. The molecule has 1 aromatic carbocycles. The van der Waals surface area contributed by atoms with Gasteiger partial charge in [-0.3, -0.25) is 4.79 Å². The lowest BCUT2D eigenvalue weighted by Gasteiger charge is -1.96. The summed E-state index contributed by atoms with van der Waals surface area (Å²) in [6.07, 6.45) is 3.06. The zero-order valence-electron chi connectivity index (χ0n) is 6.75. The standard InChI is InChI=1S/C10H9ClO/c1-8-4-2-3-5-9(8)6-7-10(11)12/h2-7H,1H3/b7-6-. The molecule has 0 radical (unpaired) electrons. The summed E-state index contributed by atoms with van der Waals surface area (Å²) in [6.45, 7) is 1.98. The predicted molar refractivity (Wildman–Crippen MR) is 51.1 cm³/mol. The maximum absolute atomic E-state index is 10.4. The summed E-state index contributed by atoms with van der Waals surface area (Å²) in [7, 11) is 0. The largest absolute Gasteiger partial charge is 0.276 e. The summed E-state index contributed by atoms with van der Waals surface area (Å²) in [4.78, 5) is 10.4. The normalized spacial score (nSPS) is 10.5. The van der Waals surface area contributed by atoms with Gasteiger partial charge in [0.05, 0.1) is 0 Å². The van der Waals surface area contributed by atoms with E-state index >= 15 is 0 Å². The van der Waals surface area contributed by atoms with Gasteiger partial charge in [0.25, 0.3) is 0 Å². The summed E-state index contributed by atoms with van der Waals surface area (Å²) in [5, 5.41) is -0.446. The highest BCUT2D eigenvalue weighted by molar-refractivity contribution is 6.66. The summed E-state index contributed by atoms with van der Waals surface area (Å²) < 4.78 is 0. The first kappa shape index (κ1) is 9.01. The van der Waals surface area contributed by atoms with Gasteiger partial charge in [0.15, 0.2) is 0 Å². The molecular weight excluding hydrogens is 172 g/mol. The van der Waals surface area contributed by atoms with E-state index in [0.29, 0.717) is 0 Å². The third-order valence-electron chi connectivity index (χ3n) is 1.58. The number of allylic oxidation sites excluding steroid dienone is 1. The number of carbonyl (C=O) groups is 1. The van der Waals surface area contributed by atoms with Gasteiger partial charge in [-0.15, -0.1) is 0 Å². The molecule has 0 aliphatic rings. The first-order valence-corrected chi connectivity index (χ1v) is 4.01. The molecule has 0 heterocycles. The lowest BCUT2D eigenvalue weighted by atomic mass is 10.1. The predicted octanol–water partition coefficient (Wildman–Crippen LogP) is 2.77.